The normalized spacial score (nSPS) is 16.5. The highest BCUT2D eigenvalue weighted by Crippen LogP contribution is 2.28. The van der Waals surface area contributed by atoms with Crippen molar-refractivity contribution in [1.82, 2.24) is 9.80 Å². The molecule has 0 aliphatic carbocycles. The van der Waals surface area contributed by atoms with E-state index in [1.807, 2.05) is 0 Å². The standard InChI is InChI=1S/C13H15Cl2IN2O2/c14-9-7-10(12(16)11(15)8-9)13(20)18-3-1-17(2-4-18)5-6-19/h7-8,19H,1-6H2. The van der Waals surface area contributed by atoms with Crippen molar-refractivity contribution in [2.75, 3.05) is 39.3 Å². The molecule has 7 heteroatoms. The van der Waals surface area contributed by atoms with Gasteiger partial charge in [-0.15, -0.1) is 0 Å². The van der Waals surface area contributed by atoms with Gasteiger partial charge in [0.1, 0.15) is 0 Å². The van der Waals surface area contributed by atoms with Crippen LogP contribution in [0.1, 0.15) is 10.4 Å². The number of benzene rings is 1. The van der Waals surface area contributed by atoms with Crippen molar-refractivity contribution < 1.29 is 9.90 Å². The number of nitrogens with zero attached hydrogens (tertiary/aromatic N) is 2. The van der Waals surface area contributed by atoms with E-state index in [1.54, 1.807) is 17.0 Å². The molecule has 0 aromatic heterocycles. The molecule has 1 saturated heterocycles. The van der Waals surface area contributed by atoms with Crippen LogP contribution in [0.4, 0.5) is 0 Å². The minimum absolute atomic E-state index is 0.0394. The van der Waals surface area contributed by atoms with Gasteiger partial charge in [-0.2, -0.15) is 0 Å². The fraction of sp³-hybridized carbons (Fsp3) is 0.462. The Labute approximate surface area is 141 Å². The number of rotatable bonds is 3. The topological polar surface area (TPSA) is 43.8 Å². The molecule has 0 atom stereocenters. The Hall–Kier alpha value is -0.0800. The minimum Gasteiger partial charge on any atom is -0.395 e. The fourth-order valence-corrected chi connectivity index (χ4v) is 3.23. The Kier molecular flexibility index (Phi) is 5.92. The molecule has 1 N–H and O–H groups in total. The molecule has 20 heavy (non-hydrogen) atoms. The maximum Gasteiger partial charge on any atom is 0.255 e. The number of aliphatic hydroxyl groups excluding tert-OH is 1. The summed E-state index contributed by atoms with van der Waals surface area (Å²) in [6.45, 7) is 3.66. The van der Waals surface area contributed by atoms with Crippen LogP contribution in [0.5, 0.6) is 0 Å². The van der Waals surface area contributed by atoms with Gasteiger partial charge in [0, 0.05) is 41.3 Å². The zero-order valence-electron chi connectivity index (χ0n) is 10.8. The molecule has 1 aromatic carbocycles. The van der Waals surface area contributed by atoms with Crippen LogP contribution in [0, 0.1) is 3.57 Å². The number of amides is 1. The molecule has 0 radical (unpaired) electrons. The molecule has 1 aliphatic rings. The zero-order chi connectivity index (χ0) is 14.7. The van der Waals surface area contributed by atoms with Crippen molar-refractivity contribution in [3.63, 3.8) is 0 Å². The molecular weight excluding hydrogens is 414 g/mol. The van der Waals surface area contributed by atoms with Crippen molar-refractivity contribution in [3.05, 3.63) is 31.3 Å². The van der Waals surface area contributed by atoms with Crippen LogP contribution in [0.25, 0.3) is 0 Å². The quantitative estimate of drug-likeness (QED) is 0.593. The van der Waals surface area contributed by atoms with Gasteiger partial charge in [0.25, 0.3) is 5.91 Å². The number of halogens is 3. The summed E-state index contributed by atoms with van der Waals surface area (Å²) in [4.78, 5) is 16.5. The summed E-state index contributed by atoms with van der Waals surface area (Å²) < 4.78 is 0.733. The van der Waals surface area contributed by atoms with Gasteiger partial charge in [-0.05, 0) is 34.7 Å². The second kappa shape index (κ2) is 7.26. The van der Waals surface area contributed by atoms with Crippen LogP contribution in [0.15, 0.2) is 12.1 Å². The fourth-order valence-electron chi connectivity index (χ4n) is 2.20. The van der Waals surface area contributed by atoms with Crippen LogP contribution >= 0.6 is 45.8 Å². The van der Waals surface area contributed by atoms with E-state index in [4.69, 9.17) is 28.3 Å². The molecule has 110 valence electrons. The maximum atomic E-state index is 12.5. The number of carbonyl (C=O) groups is 1. The van der Waals surface area contributed by atoms with Gasteiger partial charge in [-0.3, -0.25) is 9.69 Å². The average molecular weight is 429 g/mol. The molecule has 0 spiro atoms. The summed E-state index contributed by atoms with van der Waals surface area (Å²) in [5, 5.41) is 9.89. The highest BCUT2D eigenvalue weighted by Gasteiger charge is 2.24. The lowest BCUT2D eigenvalue weighted by atomic mass is 10.2. The Morgan fingerprint density at radius 2 is 1.90 bits per heavy atom. The van der Waals surface area contributed by atoms with Crippen LogP contribution in [0.3, 0.4) is 0 Å². The number of hydrogen-bond acceptors (Lipinski definition) is 3. The van der Waals surface area contributed by atoms with Gasteiger partial charge in [0.05, 0.1) is 17.2 Å². The van der Waals surface area contributed by atoms with Crippen molar-refractivity contribution in [3.8, 4) is 0 Å². The van der Waals surface area contributed by atoms with E-state index in [0.717, 1.165) is 16.7 Å². The first kappa shape index (κ1) is 16.3. The highest BCUT2D eigenvalue weighted by atomic mass is 127. The number of hydrogen-bond donors (Lipinski definition) is 1. The van der Waals surface area contributed by atoms with E-state index < -0.39 is 0 Å². The van der Waals surface area contributed by atoms with Crippen LogP contribution in [-0.4, -0.2) is 60.1 Å². The van der Waals surface area contributed by atoms with Crippen molar-refractivity contribution in [2.45, 2.75) is 0 Å². The molecule has 0 unspecified atom stereocenters. The first-order valence-corrected chi connectivity index (χ1v) is 8.13. The predicted octanol–water partition coefficient (Wildman–Crippen LogP) is 2.35. The first-order chi connectivity index (χ1) is 9.52. The molecule has 2 rings (SSSR count). The van der Waals surface area contributed by atoms with Crippen molar-refractivity contribution >= 4 is 51.7 Å². The second-order valence-electron chi connectivity index (χ2n) is 4.61. The van der Waals surface area contributed by atoms with Gasteiger partial charge in [0.2, 0.25) is 0 Å². The summed E-state index contributed by atoms with van der Waals surface area (Å²) in [5.41, 5.74) is 0.554. The lowest BCUT2D eigenvalue weighted by molar-refractivity contribution is 0.0614. The number of piperazine rings is 1. The average Bonchev–Trinajstić information content (AvgIpc) is 2.43. The second-order valence-corrected chi connectivity index (χ2v) is 6.53. The lowest BCUT2D eigenvalue weighted by Gasteiger charge is -2.34. The summed E-state index contributed by atoms with van der Waals surface area (Å²) in [6, 6.07) is 3.30. The zero-order valence-corrected chi connectivity index (χ0v) is 14.5. The van der Waals surface area contributed by atoms with Gasteiger partial charge >= 0.3 is 0 Å². The maximum absolute atomic E-state index is 12.5. The minimum atomic E-state index is -0.0394. The number of aliphatic hydroxyl groups is 1. The third kappa shape index (κ3) is 3.76. The van der Waals surface area contributed by atoms with E-state index in [-0.39, 0.29) is 12.5 Å². The molecule has 1 amide bonds. The summed E-state index contributed by atoms with van der Waals surface area (Å²) >= 11 is 14.1. The Balaban J connectivity index is 2.09. The molecule has 4 nitrogen and oxygen atoms in total. The molecule has 1 aromatic rings. The van der Waals surface area contributed by atoms with E-state index in [9.17, 15) is 4.79 Å². The van der Waals surface area contributed by atoms with Crippen LogP contribution in [-0.2, 0) is 0 Å². The number of carbonyl (C=O) groups excluding carboxylic acids is 1. The van der Waals surface area contributed by atoms with E-state index >= 15 is 0 Å². The van der Waals surface area contributed by atoms with Crippen LogP contribution < -0.4 is 0 Å². The Morgan fingerprint density at radius 3 is 2.50 bits per heavy atom. The summed E-state index contributed by atoms with van der Waals surface area (Å²) in [7, 11) is 0. The molecule has 0 saturated carbocycles. The van der Waals surface area contributed by atoms with E-state index in [2.05, 4.69) is 27.5 Å². The number of β-amino-alcohol motifs (C(OH)–C–C–N with tert-alkyl or cyclic N) is 1. The Bertz CT molecular complexity index is 505. The predicted molar refractivity (Wildman–Crippen MR) is 88.6 cm³/mol. The van der Waals surface area contributed by atoms with Gasteiger partial charge < -0.3 is 10.0 Å². The SMILES string of the molecule is O=C(c1cc(Cl)cc(Cl)c1I)N1CCN(CCO)CC1. The van der Waals surface area contributed by atoms with Crippen molar-refractivity contribution in [1.29, 1.82) is 0 Å². The summed E-state index contributed by atoms with van der Waals surface area (Å²) in [6.07, 6.45) is 0. The smallest absolute Gasteiger partial charge is 0.255 e. The molecule has 1 aliphatic heterocycles. The Morgan fingerprint density at radius 1 is 1.25 bits per heavy atom. The monoisotopic (exact) mass is 428 g/mol. The third-order valence-corrected chi connectivity index (χ3v) is 5.30. The third-order valence-electron chi connectivity index (χ3n) is 3.30. The highest BCUT2D eigenvalue weighted by molar-refractivity contribution is 14.1. The lowest BCUT2D eigenvalue weighted by Crippen LogP contribution is -2.49. The van der Waals surface area contributed by atoms with E-state index in [0.29, 0.717) is 35.2 Å². The summed E-state index contributed by atoms with van der Waals surface area (Å²) in [5.74, 6) is -0.0394. The van der Waals surface area contributed by atoms with Gasteiger partial charge in [-0.1, -0.05) is 23.2 Å². The largest absolute Gasteiger partial charge is 0.395 e. The molecule has 0 bridgehead atoms. The first-order valence-electron chi connectivity index (χ1n) is 6.30. The van der Waals surface area contributed by atoms with E-state index in [1.165, 1.54) is 0 Å². The van der Waals surface area contributed by atoms with Crippen molar-refractivity contribution in [2.24, 2.45) is 0 Å². The van der Waals surface area contributed by atoms with Gasteiger partial charge in [0.15, 0.2) is 0 Å². The molecule has 1 fully saturated rings. The van der Waals surface area contributed by atoms with Gasteiger partial charge in [-0.25, -0.2) is 0 Å². The molecular formula is C13H15Cl2IN2O2. The van der Waals surface area contributed by atoms with Crippen LogP contribution in [0.2, 0.25) is 10.0 Å². The molecule has 1 heterocycles.